The fourth-order valence-electron chi connectivity index (χ4n) is 3.12. The highest BCUT2D eigenvalue weighted by molar-refractivity contribution is 5.43. The number of rotatable bonds is 4. The maximum absolute atomic E-state index is 14.2. The lowest BCUT2D eigenvalue weighted by molar-refractivity contribution is 0.0954. The number of nitrogens with zero attached hydrogens (tertiary/aromatic N) is 2. The van der Waals surface area contributed by atoms with E-state index in [9.17, 15) is 9.50 Å². The standard InChI is InChI=1S/C14H20FN3O2/c15-13-4-9(3-12(20)8-19)5-16-14(13)18-6-10-1-2-11(7-18)17-10/h4-5,10-12,17,19-20H,1-3,6-8H2. The van der Waals surface area contributed by atoms with Gasteiger partial charge in [0.2, 0.25) is 0 Å². The van der Waals surface area contributed by atoms with E-state index >= 15 is 0 Å². The number of hydrogen-bond donors (Lipinski definition) is 3. The van der Waals surface area contributed by atoms with Crippen LogP contribution in [-0.4, -0.2) is 53.1 Å². The summed E-state index contributed by atoms with van der Waals surface area (Å²) in [4.78, 5) is 6.22. The fourth-order valence-corrected chi connectivity index (χ4v) is 3.12. The highest BCUT2D eigenvalue weighted by Crippen LogP contribution is 2.26. The van der Waals surface area contributed by atoms with E-state index in [1.54, 1.807) is 6.20 Å². The largest absolute Gasteiger partial charge is 0.394 e. The molecule has 0 radical (unpaired) electrons. The second-order valence-corrected chi connectivity index (χ2v) is 5.73. The molecule has 1 aromatic rings. The number of nitrogens with one attached hydrogen (secondary N) is 1. The van der Waals surface area contributed by atoms with Gasteiger partial charge in [-0.15, -0.1) is 0 Å². The maximum atomic E-state index is 14.2. The highest BCUT2D eigenvalue weighted by Gasteiger charge is 2.33. The van der Waals surface area contributed by atoms with Crippen molar-refractivity contribution in [3.8, 4) is 0 Å². The van der Waals surface area contributed by atoms with Crippen LogP contribution in [0, 0.1) is 5.82 Å². The molecular weight excluding hydrogens is 261 g/mol. The quantitative estimate of drug-likeness (QED) is 0.728. The number of anilines is 1. The van der Waals surface area contributed by atoms with Crippen LogP contribution >= 0.6 is 0 Å². The number of piperazine rings is 1. The summed E-state index contributed by atoms with van der Waals surface area (Å²) < 4.78 is 14.2. The minimum atomic E-state index is -0.864. The summed E-state index contributed by atoms with van der Waals surface area (Å²) in [5, 5.41) is 21.7. The summed E-state index contributed by atoms with van der Waals surface area (Å²) in [6.45, 7) is 1.25. The number of aliphatic hydroxyl groups is 2. The maximum Gasteiger partial charge on any atom is 0.165 e. The molecule has 0 spiro atoms. The Morgan fingerprint density at radius 2 is 2.10 bits per heavy atom. The van der Waals surface area contributed by atoms with Crippen LogP contribution in [0.4, 0.5) is 10.2 Å². The molecule has 5 nitrogen and oxygen atoms in total. The average Bonchev–Trinajstić information content (AvgIpc) is 2.77. The zero-order valence-corrected chi connectivity index (χ0v) is 11.3. The van der Waals surface area contributed by atoms with Crippen LogP contribution in [0.3, 0.4) is 0 Å². The van der Waals surface area contributed by atoms with E-state index in [4.69, 9.17) is 5.11 Å². The minimum absolute atomic E-state index is 0.216. The third-order valence-electron chi connectivity index (χ3n) is 4.08. The minimum Gasteiger partial charge on any atom is -0.394 e. The van der Waals surface area contributed by atoms with Crippen LogP contribution in [0.15, 0.2) is 12.3 Å². The Morgan fingerprint density at radius 1 is 1.40 bits per heavy atom. The molecule has 3 atom stereocenters. The monoisotopic (exact) mass is 281 g/mol. The summed E-state index contributed by atoms with van der Waals surface area (Å²) in [6.07, 6.45) is 3.22. The zero-order valence-electron chi connectivity index (χ0n) is 11.3. The van der Waals surface area contributed by atoms with Crippen molar-refractivity contribution in [3.63, 3.8) is 0 Å². The predicted octanol–water partition coefficient (Wildman–Crippen LogP) is 0.0570. The third-order valence-corrected chi connectivity index (χ3v) is 4.08. The van der Waals surface area contributed by atoms with Gasteiger partial charge in [-0.1, -0.05) is 0 Å². The van der Waals surface area contributed by atoms with Gasteiger partial charge in [0.15, 0.2) is 11.6 Å². The van der Waals surface area contributed by atoms with Gasteiger partial charge in [-0.05, 0) is 24.5 Å². The van der Waals surface area contributed by atoms with Crippen molar-refractivity contribution in [1.82, 2.24) is 10.3 Å². The van der Waals surface area contributed by atoms with Gasteiger partial charge in [-0.2, -0.15) is 0 Å². The Bertz CT molecular complexity index is 473. The van der Waals surface area contributed by atoms with Gasteiger partial charge in [0.1, 0.15) is 0 Å². The van der Waals surface area contributed by atoms with Crippen LogP contribution in [0.5, 0.6) is 0 Å². The average molecular weight is 281 g/mol. The lowest BCUT2D eigenvalue weighted by Gasteiger charge is -2.33. The molecule has 2 fully saturated rings. The molecule has 20 heavy (non-hydrogen) atoms. The first kappa shape index (κ1) is 13.7. The van der Waals surface area contributed by atoms with Crippen LogP contribution in [0.25, 0.3) is 0 Å². The summed E-state index contributed by atoms with van der Waals surface area (Å²) in [5.41, 5.74) is 0.603. The summed E-state index contributed by atoms with van der Waals surface area (Å²) in [5.74, 6) is 0.0413. The van der Waals surface area contributed by atoms with E-state index in [0.717, 1.165) is 25.9 Å². The number of fused-ring (bicyclic) bond motifs is 2. The molecule has 0 aliphatic carbocycles. The predicted molar refractivity (Wildman–Crippen MR) is 73.2 cm³/mol. The molecular formula is C14H20FN3O2. The number of pyridine rings is 1. The normalized spacial score (nSPS) is 26.9. The summed E-state index contributed by atoms with van der Waals surface area (Å²) in [7, 11) is 0. The van der Waals surface area contributed by atoms with E-state index in [2.05, 4.69) is 10.3 Å². The van der Waals surface area contributed by atoms with E-state index in [-0.39, 0.29) is 18.8 Å². The van der Waals surface area contributed by atoms with E-state index < -0.39 is 6.10 Å². The fraction of sp³-hybridized carbons (Fsp3) is 0.643. The number of aromatic nitrogens is 1. The molecule has 2 aliphatic heterocycles. The Kier molecular flexibility index (Phi) is 3.87. The Balaban J connectivity index is 1.74. The van der Waals surface area contributed by atoms with Crippen molar-refractivity contribution in [2.75, 3.05) is 24.6 Å². The lowest BCUT2D eigenvalue weighted by atomic mass is 10.1. The molecule has 110 valence electrons. The molecule has 1 aromatic heterocycles. The topological polar surface area (TPSA) is 68.6 Å². The lowest BCUT2D eigenvalue weighted by Crippen LogP contribution is -2.51. The van der Waals surface area contributed by atoms with Gasteiger partial charge in [0, 0.05) is 37.8 Å². The molecule has 0 aromatic carbocycles. The molecule has 3 N–H and O–H groups in total. The molecule has 0 amide bonds. The van der Waals surface area contributed by atoms with Gasteiger partial charge in [-0.3, -0.25) is 0 Å². The van der Waals surface area contributed by atoms with Crippen molar-refractivity contribution in [2.45, 2.75) is 37.5 Å². The number of aliphatic hydroxyl groups excluding tert-OH is 2. The molecule has 3 heterocycles. The second-order valence-electron chi connectivity index (χ2n) is 5.73. The van der Waals surface area contributed by atoms with Crippen molar-refractivity contribution >= 4 is 5.82 Å². The van der Waals surface area contributed by atoms with E-state index in [1.165, 1.54) is 6.07 Å². The summed E-state index contributed by atoms with van der Waals surface area (Å²) in [6, 6.07) is 2.28. The molecule has 3 unspecified atom stereocenters. The third kappa shape index (κ3) is 2.77. The molecule has 2 bridgehead atoms. The van der Waals surface area contributed by atoms with Gasteiger partial charge in [-0.25, -0.2) is 9.37 Å². The first-order valence-corrected chi connectivity index (χ1v) is 7.10. The number of halogens is 1. The second kappa shape index (κ2) is 5.63. The van der Waals surface area contributed by atoms with E-state index in [0.29, 0.717) is 23.5 Å². The van der Waals surface area contributed by atoms with Crippen molar-refractivity contribution in [2.24, 2.45) is 0 Å². The van der Waals surface area contributed by atoms with Gasteiger partial charge in [0.25, 0.3) is 0 Å². The Hall–Kier alpha value is -1.24. The van der Waals surface area contributed by atoms with E-state index in [1.807, 2.05) is 4.90 Å². The molecule has 3 rings (SSSR count). The SMILES string of the molecule is OCC(O)Cc1cnc(N2CC3CCC(C2)N3)c(F)c1. The Labute approximate surface area is 117 Å². The van der Waals surface area contributed by atoms with Crippen molar-refractivity contribution < 1.29 is 14.6 Å². The Morgan fingerprint density at radius 3 is 2.70 bits per heavy atom. The van der Waals surface area contributed by atoms with Gasteiger partial charge >= 0.3 is 0 Å². The van der Waals surface area contributed by atoms with Crippen LogP contribution in [0.1, 0.15) is 18.4 Å². The van der Waals surface area contributed by atoms with Crippen LogP contribution in [0.2, 0.25) is 0 Å². The first-order valence-electron chi connectivity index (χ1n) is 7.10. The molecule has 6 heteroatoms. The smallest absolute Gasteiger partial charge is 0.165 e. The van der Waals surface area contributed by atoms with Gasteiger partial charge < -0.3 is 20.4 Å². The molecule has 2 saturated heterocycles. The zero-order chi connectivity index (χ0) is 14.1. The molecule has 0 saturated carbocycles. The van der Waals surface area contributed by atoms with Crippen LogP contribution in [-0.2, 0) is 6.42 Å². The van der Waals surface area contributed by atoms with Crippen molar-refractivity contribution in [1.29, 1.82) is 0 Å². The highest BCUT2D eigenvalue weighted by atomic mass is 19.1. The van der Waals surface area contributed by atoms with Crippen molar-refractivity contribution in [3.05, 3.63) is 23.6 Å². The first-order chi connectivity index (χ1) is 9.65. The number of hydrogen-bond acceptors (Lipinski definition) is 5. The van der Waals surface area contributed by atoms with Crippen LogP contribution < -0.4 is 10.2 Å². The molecule has 2 aliphatic rings. The van der Waals surface area contributed by atoms with Gasteiger partial charge in [0.05, 0.1) is 12.7 Å². The summed E-state index contributed by atoms with van der Waals surface area (Å²) >= 11 is 0.